The van der Waals surface area contributed by atoms with E-state index in [0.29, 0.717) is 5.56 Å². The molecule has 0 aliphatic carbocycles. The van der Waals surface area contributed by atoms with Crippen LogP contribution in [0.3, 0.4) is 0 Å². The number of hydrogen-bond donors (Lipinski definition) is 1. The lowest BCUT2D eigenvalue weighted by Gasteiger charge is -2.09. The Labute approximate surface area is 113 Å². The molecule has 0 amide bonds. The maximum Gasteiger partial charge on any atom is 0.416 e. The second kappa shape index (κ2) is 6.93. The number of hydrogen-bond acceptors (Lipinski definition) is 4. The average Bonchev–Trinajstić information content (AvgIpc) is 2.39. The highest BCUT2D eigenvalue weighted by Gasteiger charge is 2.30. The van der Waals surface area contributed by atoms with Crippen molar-refractivity contribution in [3.8, 4) is 0 Å². The van der Waals surface area contributed by atoms with Crippen LogP contribution in [-0.2, 0) is 22.1 Å². The summed E-state index contributed by atoms with van der Waals surface area (Å²) in [6.45, 7) is 1.72. The van der Waals surface area contributed by atoms with Gasteiger partial charge in [-0.15, -0.1) is 0 Å². The van der Waals surface area contributed by atoms with Crippen LogP contribution < -0.4 is 0 Å². The summed E-state index contributed by atoms with van der Waals surface area (Å²) in [5.74, 6) is -0.776. The van der Waals surface area contributed by atoms with Gasteiger partial charge in [0.25, 0.3) is 0 Å². The van der Waals surface area contributed by atoms with Crippen LogP contribution in [-0.4, -0.2) is 23.5 Å². The molecule has 0 heterocycles. The number of aryl methyl sites for hydroxylation is 1. The molecule has 1 rings (SSSR count). The third-order valence-electron chi connectivity index (χ3n) is 2.54. The Hall–Kier alpha value is -2.05. The lowest BCUT2D eigenvalue weighted by Crippen LogP contribution is -2.18. The molecule has 0 atom stereocenters. The lowest BCUT2D eigenvalue weighted by atomic mass is 10.0. The molecular formula is C13H14F3NO3. The highest BCUT2D eigenvalue weighted by atomic mass is 19.4. The first-order valence-electron chi connectivity index (χ1n) is 5.92. The van der Waals surface area contributed by atoms with E-state index < -0.39 is 17.7 Å². The van der Waals surface area contributed by atoms with E-state index in [1.54, 1.807) is 6.92 Å². The van der Waals surface area contributed by atoms with Gasteiger partial charge in [0.1, 0.15) is 0 Å². The van der Waals surface area contributed by atoms with E-state index in [9.17, 15) is 18.0 Å². The van der Waals surface area contributed by atoms with Gasteiger partial charge in [0.2, 0.25) is 0 Å². The fourth-order valence-corrected chi connectivity index (χ4v) is 1.57. The Kier molecular flexibility index (Phi) is 5.54. The monoisotopic (exact) mass is 289 g/mol. The first-order valence-corrected chi connectivity index (χ1v) is 5.92. The molecule has 0 fully saturated rings. The molecule has 0 aliphatic heterocycles. The molecule has 1 N–H and O–H groups in total. The van der Waals surface area contributed by atoms with Crippen LogP contribution in [0.5, 0.6) is 0 Å². The van der Waals surface area contributed by atoms with E-state index >= 15 is 0 Å². The molecule has 0 unspecified atom stereocenters. The number of ether oxygens (including phenoxy) is 1. The fourth-order valence-electron chi connectivity index (χ4n) is 1.57. The summed E-state index contributed by atoms with van der Waals surface area (Å²) in [7, 11) is 0. The zero-order chi connectivity index (χ0) is 15.2. The zero-order valence-corrected chi connectivity index (χ0v) is 10.8. The van der Waals surface area contributed by atoms with Crippen molar-refractivity contribution in [2.45, 2.75) is 25.9 Å². The minimum Gasteiger partial charge on any atom is -0.461 e. The van der Waals surface area contributed by atoms with Gasteiger partial charge in [-0.2, -0.15) is 13.2 Å². The maximum atomic E-state index is 12.5. The van der Waals surface area contributed by atoms with Gasteiger partial charge in [0.05, 0.1) is 12.2 Å². The van der Waals surface area contributed by atoms with Crippen LogP contribution in [0, 0.1) is 0 Å². The smallest absolute Gasteiger partial charge is 0.416 e. The number of oxime groups is 1. The Morgan fingerprint density at radius 1 is 1.40 bits per heavy atom. The number of nitrogens with zero attached hydrogens (tertiary/aromatic N) is 1. The van der Waals surface area contributed by atoms with Crippen molar-refractivity contribution in [3.05, 3.63) is 35.4 Å². The van der Waals surface area contributed by atoms with Crippen molar-refractivity contribution in [1.29, 1.82) is 0 Å². The molecule has 1 aromatic carbocycles. The summed E-state index contributed by atoms with van der Waals surface area (Å²) < 4.78 is 42.2. The van der Waals surface area contributed by atoms with Crippen LogP contribution >= 0.6 is 0 Å². The Bertz CT molecular complexity index is 498. The van der Waals surface area contributed by atoms with Gasteiger partial charge < -0.3 is 9.94 Å². The van der Waals surface area contributed by atoms with Gasteiger partial charge in [0, 0.05) is 6.42 Å². The second-order valence-corrected chi connectivity index (χ2v) is 3.97. The number of carbonyl (C=O) groups is 1. The van der Waals surface area contributed by atoms with E-state index in [1.165, 1.54) is 12.1 Å². The highest BCUT2D eigenvalue weighted by Crippen LogP contribution is 2.29. The molecule has 0 aliphatic rings. The van der Waals surface area contributed by atoms with E-state index in [4.69, 9.17) is 5.21 Å². The van der Waals surface area contributed by atoms with Gasteiger partial charge in [-0.3, -0.25) is 0 Å². The van der Waals surface area contributed by atoms with E-state index in [0.717, 1.165) is 12.1 Å². The quantitative estimate of drug-likeness (QED) is 0.392. The van der Waals surface area contributed by atoms with E-state index in [1.807, 2.05) is 0 Å². The van der Waals surface area contributed by atoms with Crippen LogP contribution in [0.4, 0.5) is 13.2 Å². The normalized spacial score (nSPS) is 12.3. The largest absolute Gasteiger partial charge is 0.461 e. The van der Waals surface area contributed by atoms with Crippen molar-refractivity contribution in [2.24, 2.45) is 5.16 Å². The van der Waals surface area contributed by atoms with Gasteiger partial charge >= 0.3 is 12.1 Å². The zero-order valence-electron chi connectivity index (χ0n) is 10.8. The third kappa shape index (κ3) is 4.56. The first kappa shape index (κ1) is 16.0. The SMILES string of the molecule is CCOC(=O)C(CCc1cccc(C(F)(F)F)c1)=NO. The number of esters is 1. The molecule has 110 valence electrons. The minimum absolute atomic E-state index is 0.00333. The summed E-state index contributed by atoms with van der Waals surface area (Å²) in [4.78, 5) is 11.3. The van der Waals surface area contributed by atoms with Crippen LogP contribution in [0.2, 0.25) is 0 Å². The van der Waals surface area contributed by atoms with Gasteiger partial charge in [-0.1, -0.05) is 23.4 Å². The maximum absolute atomic E-state index is 12.5. The van der Waals surface area contributed by atoms with Gasteiger partial charge in [-0.05, 0) is 25.0 Å². The predicted octanol–water partition coefficient (Wildman–Crippen LogP) is 3.03. The highest BCUT2D eigenvalue weighted by molar-refractivity contribution is 6.36. The van der Waals surface area contributed by atoms with Crippen molar-refractivity contribution >= 4 is 11.7 Å². The summed E-state index contributed by atoms with van der Waals surface area (Å²) >= 11 is 0. The molecule has 0 aromatic heterocycles. The van der Waals surface area contributed by atoms with E-state index in [2.05, 4.69) is 9.89 Å². The molecule has 0 saturated heterocycles. The first-order chi connectivity index (χ1) is 9.38. The van der Waals surface area contributed by atoms with Gasteiger partial charge in [0.15, 0.2) is 5.71 Å². The molecule has 4 nitrogen and oxygen atoms in total. The molecule has 7 heteroatoms. The summed E-state index contributed by atoms with van der Waals surface area (Å²) in [5, 5.41) is 11.5. The molecule has 0 saturated carbocycles. The fraction of sp³-hybridized carbons (Fsp3) is 0.385. The third-order valence-corrected chi connectivity index (χ3v) is 2.54. The van der Waals surface area contributed by atoms with Crippen LogP contribution in [0.15, 0.2) is 29.4 Å². The molecule has 20 heavy (non-hydrogen) atoms. The Balaban J connectivity index is 2.72. The molecule has 0 radical (unpaired) electrons. The number of halogens is 3. The standard InChI is InChI=1S/C13H14F3NO3/c1-2-20-12(18)11(17-19)7-6-9-4-3-5-10(8-9)13(14,15)16/h3-5,8,19H,2,6-7H2,1H3. The number of carbonyl (C=O) groups excluding carboxylic acids is 1. The lowest BCUT2D eigenvalue weighted by molar-refractivity contribution is -0.138. The summed E-state index contributed by atoms with van der Waals surface area (Å²) in [5.41, 5.74) is -0.580. The van der Waals surface area contributed by atoms with Gasteiger partial charge in [-0.25, -0.2) is 4.79 Å². The number of benzene rings is 1. The molecule has 0 spiro atoms. The minimum atomic E-state index is -4.41. The van der Waals surface area contributed by atoms with E-state index in [-0.39, 0.29) is 25.2 Å². The predicted molar refractivity (Wildman–Crippen MR) is 65.6 cm³/mol. The topological polar surface area (TPSA) is 58.9 Å². The van der Waals surface area contributed by atoms with Crippen molar-refractivity contribution in [1.82, 2.24) is 0 Å². The molecular weight excluding hydrogens is 275 g/mol. The Morgan fingerprint density at radius 3 is 2.65 bits per heavy atom. The van der Waals surface area contributed by atoms with Crippen molar-refractivity contribution < 1.29 is 27.9 Å². The Morgan fingerprint density at radius 2 is 2.10 bits per heavy atom. The van der Waals surface area contributed by atoms with Crippen LogP contribution in [0.1, 0.15) is 24.5 Å². The molecule has 0 bridgehead atoms. The van der Waals surface area contributed by atoms with Crippen molar-refractivity contribution in [2.75, 3.05) is 6.61 Å². The average molecular weight is 289 g/mol. The number of alkyl halides is 3. The second-order valence-electron chi connectivity index (χ2n) is 3.97. The molecule has 1 aromatic rings. The summed E-state index contributed by atoms with van der Waals surface area (Å²) in [6.07, 6.45) is -4.27. The van der Waals surface area contributed by atoms with Crippen molar-refractivity contribution in [3.63, 3.8) is 0 Å². The summed E-state index contributed by atoms with van der Waals surface area (Å²) in [6, 6.07) is 4.77. The van der Waals surface area contributed by atoms with Crippen LogP contribution in [0.25, 0.3) is 0 Å². The number of rotatable bonds is 5.